The Balaban J connectivity index is 2.69. The van der Waals surface area contributed by atoms with Crippen molar-refractivity contribution >= 4 is 5.91 Å². The van der Waals surface area contributed by atoms with Crippen LogP contribution in [0.25, 0.3) is 0 Å². The molecule has 1 aliphatic carbocycles. The molecular formula is C17H34N2O2. The molecule has 1 amide bonds. The Bertz CT molecular complexity index is 291. The number of ether oxygens (including phenoxy) is 1. The number of methoxy groups -OCH3 is 1. The van der Waals surface area contributed by atoms with Gasteiger partial charge in [0.25, 0.3) is 0 Å². The minimum absolute atomic E-state index is 0.202. The Morgan fingerprint density at radius 1 is 1.33 bits per heavy atom. The minimum Gasteiger partial charge on any atom is -0.383 e. The number of carbonyl (C=O) groups is 1. The highest BCUT2D eigenvalue weighted by Crippen LogP contribution is 2.32. The van der Waals surface area contributed by atoms with E-state index in [0.717, 1.165) is 45.2 Å². The maximum Gasteiger partial charge on any atom is 0.226 e. The molecule has 4 heteroatoms. The number of rotatable bonds is 9. The number of hydrogen-bond acceptors (Lipinski definition) is 3. The van der Waals surface area contributed by atoms with Crippen molar-refractivity contribution in [2.75, 3.05) is 26.8 Å². The van der Waals surface area contributed by atoms with Crippen molar-refractivity contribution in [1.82, 2.24) is 4.90 Å². The molecule has 2 atom stereocenters. The van der Waals surface area contributed by atoms with Crippen molar-refractivity contribution in [2.24, 2.45) is 17.6 Å². The molecule has 0 aromatic carbocycles. The van der Waals surface area contributed by atoms with Crippen LogP contribution < -0.4 is 5.73 Å². The molecular weight excluding hydrogens is 264 g/mol. The largest absolute Gasteiger partial charge is 0.383 e. The fourth-order valence-electron chi connectivity index (χ4n) is 3.64. The van der Waals surface area contributed by atoms with E-state index in [1.54, 1.807) is 7.11 Å². The van der Waals surface area contributed by atoms with Crippen molar-refractivity contribution in [2.45, 2.75) is 64.8 Å². The van der Waals surface area contributed by atoms with Gasteiger partial charge in [0, 0.05) is 25.6 Å². The van der Waals surface area contributed by atoms with E-state index in [-0.39, 0.29) is 5.92 Å². The molecule has 0 spiro atoms. The number of amides is 1. The molecule has 0 aromatic heterocycles. The molecule has 1 saturated carbocycles. The lowest BCUT2D eigenvalue weighted by molar-refractivity contribution is -0.140. The molecule has 0 saturated heterocycles. The Hall–Kier alpha value is -0.610. The van der Waals surface area contributed by atoms with E-state index < -0.39 is 0 Å². The molecule has 0 radical (unpaired) electrons. The van der Waals surface area contributed by atoms with Gasteiger partial charge in [-0.25, -0.2) is 0 Å². The summed E-state index contributed by atoms with van der Waals surface area (Å²) in [6.07, 6.45) is 7.58. The van der Waals surface area contributed by atoms with Crippen LogP contribution in [0.15, 0.2) is 0 Å². The van der Waals surface area contributed by atoms with Crippen LogP contribution in [0.1, 0.15) is 58.8 Å². The van der Waals surface area contributed by atoms with E-state index in [4.69, 9.17) is 10.5 Å². The second-order valence-corrected chi connectivity index (χ2v) is 6.30. The van der Waals surface area contributed by atoms with Crippen LogP contribution in [0.5, 0.6) is 0 Å². The van der Waals surface area contributed by atoms with Gasteiger partial charge in [0.1, 0.15) is 0 Å². The molecule has 1 aliphatic rings. The van der Waals surface area contributed by atoms with Crippen molar-refractivity contribution in [3.63, 3.8) is 0 Å². The third-order valence-electron chi connectivity index (χ3n) is 4.91. The van der Waals surface area contributed by atoms with Crippen molar-refractivity contribution in [1.29, 1.82) is 0 Å². The van der Waals surface area contributed by atoms with Gasteiger partial charge in [-0.15, -0.1) is 0 Å². The average molecular weight is 298 g/mol. The quantitative estimate of drug-likeness (QED) is 0.712. The Labute approximate surface area is 130 Å². The van der Waals surface area contributed by atoms with Gasteiger partial charge < -0.3 is 15.4 Å². The van der Waals surface area contributed by atoms with Crippen LogP contribution in [-0.4, -0.2) is 43.7 Å². The summed E-state index contributed by atoms with van der Waals surface area (Å²) in [4.78, 5) is 15.0. The standard InChI is InChI=1S/C17H34N2O2/c1-4-16(5-2)19(11-12-21-3)17(20)15-8-6-7-14(13-15)9-10-18/h14-16H,4-13,18H2,1-3H3. The van der Waals surface area contributed by atoms with Crippen molar-refractivity contribution in [3.8, 4) is 0 Å². The second kappa shape index (κ2) is 10.2. The maximum atomic E-state index is 13.0. The Kier molecular flexibility index (Phi) is 8.93. The van der Waals surface area contributed by atoms with Gasteiger partial charge in [0.15, 0.2) is 0 Å². The highest BCUT2D eigenvalue weighted by Gasteiger charge is 2.32. The first-order chi connectivity index (χ1) is 10.2. The van der Waals surface area contributed by atoms with Crippen LogP contribution >= 0.6 is 0 Å². The smallest absolute Gasteiger partial charge is 0.226 e. The summed E-state index contributed by atoms with van der Waals surface area (Å²) >= 11 is 0. The summed E-state index contributed by atoms with van der Waals surface area (Å²) in [5.41, 5.74) is 5.69. The Morgan fingerprint density at radius 2 is 2.05 bits per heavy atom. The first-order valence-electron chi connectivity index (χ1n) is 8.67. The lowest BCUT2D eigenvalue weighted by Gasteiger charge is -2.36. The lowest BCUT2D eigenvalue weighted by Crippen LogP contribution is -2.45. The van der Waals surface area contributed by atoms with Crippen LogP contribution in [0.4, 0.5) is 0 Å². The summed E-state index contributed by atoms with van der Waals surface area (Å²) in [6, 6.07) is 0.350. The van der Waals surface area contributed by atoms with Gasteiger partial charge in [-0.3, -0.25) is 4.79 Å². The first kappa shape index (κ1) is 18.4. The molecule has 1 rings (SSSR count). The van der Waals surface area contributed by atoms with E-state index in [1.807, 2.05) is 0 Å². The number of nitrogens with zero attached hydrogens (tertiary/aromatic N) is 1. The topological polar surface area (TPSA) is 55.6 Å². The SMILES string of the molecule is CCC(CC)N(CCOC)C(=O)C1CCCC(CCN)C1. The zero-order valence-corrected chi connectivity index (χ0v) is 14.1. The van der Waals surface area contributed by atoms with Crippen molar-refractivity contribution < 1.29 is 9.53 Å². The third-order valence-corrected chi connectivity index (χ3v) is 4.91. The number of hydrogen-bond donors (Lipinski definition) is 1. The van der Waals surface area contributed by atoms with Crippen molar-refractivity contribution in [3.05, 3.63) is 0 Å². The molecule has 4 nitrogen and oxygen atoms in total. The first-order valence-corrected chi connectivity index (χ1v) is 8.67. The molecule has 0 aliphatic heterocycles. The maximum absolute atomic E-state index is 13.0. The molecule has 0 heterocycles. The van der Waals surface area contributed by atoms with E-state index in [2.05, 4.69) is 18.7 Å². The molecule has 2 N–H and O–H groups in total. The molecule has 1 fully saturated rings. The predicted octanol–water partition coefficient (Wildman–Crippen LogP) is 2.81. The molecule has 0 bridgehead atoms. The monoisotopic (exact) mass is 298 g/mol. The summed E-state index contributed by atoms with van der Waals surface area (Å²) < 4.78 is 5.20. The predicted molar refractivity (Wildman–Crippen MR) is 87.1 cm³/mol. The average Bonchev–Trinajstić information content (AvgIpc) is 2.51. The fraction of sp³-hybridized carbons (Fsp3) is 0.941. The highest BCUT2D eigenvalue weighted by atomic mass is 16.5. The minimum atomic E-state index is 0.202. The van der Waals surface area contributed by atoms with Crippen LogP contribution in [0.2, 0.25) is 0 Å². The highest BCUT2D eigenvalue weighted by molar-refractivity contribution is 5.79. The van der Waals surface area contributed by atoms with Gasteiger partial charge in [-0.05, 0) is 44.6 Å². The summed E-state index contributed by atoms with van der Waals surface area (Å²) in [5, 5.41) is 0. The van der Waals surface area contributed by atoms with Gasteiger partial charge in [0.05, 0.1) is 6.61 Å². The second-order valence-electron chi connectivity index (χ2n) is 6.30. The van der Waals surface area contributed by atoms with Gasteiger partial charge >= 0.3 is 0 Å². The van der Waals surface area contributed by atoms with Crippen LogP contribution in [0.3, 0.4) is 0 Å². The zero-order valence-electron chi connectivity index (χ0n) is 14.1. The fourth-order valence-corrected chi connectivity index (χ4v) is 3.64. The van der Waals surface area contributed by atoms with Crippen LogP contribution in [-0.2, 0) is 9.53 Å². The molecule has 2 unspecified atom stereocenters. The van der Waals surface area contributed by atoms with Gasteiger partial charge in [0.2, 0.25) is 5.91 Å². The lowest BCUT2D eigenvalue weighted by atomic mass is 9.79. The van der Waals surface area contributed by atoms with E-state index >= 15 is 0 Å². The summed E-state index contributed by atoms with van der Waals surface area (Å²) in [6.45, 7) is 6.42. The van der Waals surface area contributed by atoms with E-state index in [1.165, 1.54) is 12.8 Å². The zero-order chi connectivity index (χ0) is 15.7. The van der Waals surface area contributed by atoms with E-state index in [9.17, 15) is 4.79 Å². The van der Waals surface area contributed by atoms with Gasteiger partial charge in [-0.2, -0.15) is 0 Å². The molecule has 0 aromatic rings. The van der Waals surface area contributed by atoms with Crippen LogP contribution in [0, 0.1) is 11.8 Å². The Morgan fingerprint density at radius 3 is 2.62 bits per heavy atom. The number of nitrogens with two attached hydrogens (primary N) is 1. The van der Waals surface area contributed by atoms with E-state index in [0.29, 0.717) is 24.5 Å². The molecule has 21 heavy (non-hydrogen) atoms. The summed E-state index contributed by atoms with van der Waals surface area (Å²) in [7, 11) is 1.70. The third kappa shape index (κ3) is 5.59. The summed E-state index contributed by atoms with van der Waals surface area (Å²) in [5.74, 6) is 1.19. The number of carbonyl (C=O) groups excluding carboxylic acids is 1. The molecule has 124 valence electrons. The van der Waals surface area contributed by atoms with Gasteiger partial charge in [-0.1, -0.05) is 26.7 Å². The normalized spacial score (nSPS) is 22.5.